The van der Waals surface area contributed by atoms with Gasteiger partial charge >= 0.3 is 0 Å². The number of non-ortho nitro benzene ring substituents is 1. The van der Waals surface area contributed by atoms with Gasteiger partial charge in [-0.25, -0.2) is 5.43 Å². The van der Waals surface area contributed by atoms with E-state index in [2.05, 4.69) is 26.5 Å². The Bertz CT molecular complexity index is 744. The summed E-state index contributed by atoms with van der Waals surface area (Å²) >= 11 is 3.20. The molecule has 0 atom stereocenters. The number of hydrogen-bond donors (Lipinski definition) is 2. The Morgan fingerprint density at radius 3 is 2.59 bits per heavy atom. The zero-order valence-electron chi connectivity index (χ0n) is 11.1. The number of nitro benzene ring substituents is 1. The summed E-state index contributed by atoms with van der Waals surface area (Å²) < 4.78 is 0.648. The van der Waals surface area contributed by atoms with Gasteiger partial charge in [0.1, 0.15) is 5.75 Å². The number of amides is 1. The molecule has 2 N–H and O–H groups in total. The molecule has 2 aromatic carbocycles. The molecule has 0 aliphatic carbocycles. The molecule has 0 saturated carbocycles. The van der Waals surface area contributed by atoms with Crippen LogP contribution in [0.5, 0.6) is 5.75 Å². The second-order valence-electron chi connectivity index (χ2n) is 4.21. The van der Waals surface area contributed by atoms with E-state index in [9.17, 15) is 20.0 Å². The molecule has 112 valence electrons. The molecule has 0 saturated heterocycles. The van der Waals surface area contributed by atoms with Crippen molar-refractivity contribution in [2.45, 2.75) is 0 Å². The first-order chi connectivity index (χ1) is 10.5. The first-order valence-electron chi connectivity index (χ1n) is 6.04. The number of rotatable bonds is 4. The number of phenols is 1. The highest BCUT2D eigenvalue weighted by atomic mass is 79.9. The highest BCUT2D eigenvalue weighted by Gasteiger charge is 2.10. The van der Waals surface area contributed by atoms with Crippen molar-refractivity contribution in [3.8, 4) is 5.75 Å². The third-order valence-electron chi connectivity index (χ3n) is 2.69. The van der Waals surface area contributed by atoms with Crippen LogP contribution < -0.4 is 5.43 Å². The number of phenolic OH excluding ortho intramolecular Hbond substituents is 1. The normalized spacial score (nSPS) is 10.6. The van der Waals surface area contributed by atoms with E-state index < -0.39 is 10.8 Å². The Balaban J connectivity index is 2.04. The predicted molar refractivity (Wildman–Crippen MR) is 84.0 cm³/mol. The van der Waals surface area contributed by atoms with E-state index in [4.69, 9.17) is 0 Å². The van der Waals surface area contributed by atoms with Crippen molar-refractivity contribution in [3.63, 3.8) is 0 Å². The van der Waals surface area contributed by atoms with Gasteiger partial charge in [0.2, 0.25) is 0 Å². The highest BCUT2D eigenvalue weighted by Crippen LogP contribution is 2.21. The monoisotopic (exact) mass is 363 g/mol. The van der Waals surface area contributed by atoms with Gasteiger partial charge in [0.05, 0.1) is 16.7 Å². The van der Waals surface area contributed by atoms with Crippen LogP contribution in [0.4, 0.5) is 5.69 Å². The van der Waals surface area contributed by atoms with Crippen LogP contribution in [0.1, 0.15) is 15.9 Å². The number of nitrogens with one attached hydrogen (secondary N) is 1. The number of carbonyl (C=O) groups excluding carboxylic acids is 1. The van der Waals surface area contributed by atoms with E-state index in [1.165, 1.54) is 42.6 Å². The third-order valence-corrected chi connectivity index (χ3v) is 3.18. The second-order valence-corrected chi connectivity index (χ2v) is 5.12. The van der Waals surface area contributed by atoms with Crippen LogP contribution in [0.15, 0.2) is 52.0 Å². The summed E-state index contributed by atoms with van der Waals surface area (Å²) in [6.07, 6.45) is 1.34. The van der Waals surface area contributed by atoms with E-state index in [1.54, 1.807) is 6.07 Å². The lowest BCUT2D eigenvalue weighted by molar-refractivity contribution is -0.384. The summed E-state index contributed by atoms with van der Waals surface area (Å²) in [5.74, 6) is -0.733. The number of hydrogen-bond acceptors (Lipinski definition) is 5. The molecule has 0 aromatic heterocycles. The summed E-state index contributed by atoms with van der Waals surface area (Å²) in [6, 6.07) is 10.1. The molecule has 2 rings (SSSR count). The Hall–Kier alpha value is -2.74. The average molecular weight is 364 g/mol. The van der Waals surface area contributed by atoms with Gasteiger partial charge in [-0.15, -0.1) is 0 Å². The van der Waals surface area contributed by atoms with Crippen molar-refractivity contribution in [1.29, 1.82) is 0 Å². The molecule has 0 aliphatic heterocycles. The third kappa shape index (κ3) is 3.89. The molecule has 0 fully saturated rings. The van der Waals surface area contributed by atoms with Crippen LogP contribution >= 0.6 is 15.9 Å². The Morgan fingerprint density at radius 1 is 1.27 bits per heavy atom. The highest BCUT2D eigenvalue weighted by molar-refractivity contribution is 9.10. The minimum absolute atomic E-state index is 0.0276. The molecule has 2 aromatic rings. The fraction of sp³-hybridized carbons (Fsp3) is 0. The Kier molecular flexibility index (Phi) is 4.84. The Morgan fingerprint density at radius 2 is 1.95 bits per heavy atom. The van der Waals surface area contributed by atoms with Crippen molar-refractivity contribution in [2.75, 3.05) is 0 Å². The lowest BCUT2D eigenvalue weighted by Gasteiger charge is -2.03. The maximum Gasteiger partial charge on any atom is 0.275 e. The second kappa shape index (κ2) is 6.81. The number of nitro groups is 1. The molecule has 8 heteroatoms. The molecule has 0 radical (unpaired) electrons. The molecule has 0 aliphatic rings. The standard InChI is InChI=1S/C14H10BrN3O4/c15-10-3-6-13(19)12(7-10)14(20)17-16-8-9-1-4-11(5-2-9)18(21)22/h1-8,19H,(H,17,20)/b16-8+. The van der Waals surface area contributed by atoms with Gasteiger partial charge in [-0.3, -0.25) is 14.9 Å². The fourth-order valence-electron chi connectivity index (χ4n) is 1.60. The van der Waals surface area contributed by atoms with Crippen LogP contribution in [0.25, 0.3) is 0 Å². The SMILES string of the molecule is O=C(N/N=C/c1ccc([N+](=O)[O-])cc1)c1cc(Br)ccc1O. The summed E-state index contributed by atoms with van der Waals surface area (Å²) in [5.41, 5.74) is 2.91. The largest absolute Gasteiger partial charge is 0.507 e. The summed E-state index contributed by atoms with van der Waals surface area (Å²) in [7, 11) is 0. The van der Waals surface area contributed by atoms with Crippen molar-refractivity contribution in [1.82, 2.24) is 5.43 Å². The van der Waals surface area contributed by atoms with Gasteiger partial charge in [-0.2, -0.15) is 5.10 Å². The summed E-state index contributed by atoms with van der Waals surface area (Å²) in [5, 5.41) is 23.9. The first kappa shape index (κ1) is 15.6. The van der Waals surface area contributed by atoms with Gasteiger partial charge in [-0.1, -0.05) is 15.9 Å². The maximum atomic E-state index is 11.9. The zero-order chi connectivity index (χ0) is 16.1. The molecule has 22 heavy (non-hydrogen) atoms. The van der Waals surface area contributed by atoms with Gasteiger partial charge in [0, 0.05) is 16.6 Å². The van der Waals surface area contributed by atoms with E-state index >= 15 is 0 Å². The first-order valence-corrected chi connectivity index (χ1v) is 6.83. The maximum absolute atomic E-state index is 11.9. The molecule has 0 unspecified atom stereocenters. The number of hydrazone groups is 1. The topological polar surface area (TPSA) is 105 Å². The van der Waals surface area contributed by atoms with Gasteiger partial charge in [-0.05, 0) is 35.9 Å². The van der Waals surface area contributed by atoms with Crippen LogP contribution in [-0.2, 0) is 0 Å². The fourth-order valence-corrected chi connectivity index (χ4v) is 1.96. The smallest absolute Gasteiger partial charge is 0.275 e. The molecule has 7 nitrogen and oxygen atoms in total. The Labute approximate surface area is 133 Å². The van der Waals surface area contributed by atoms with Crippen LogP contribution in [0, 0.1) is 10.1 Å². The van der Waals surface area contributed by atoms with E-state index in [-0.39, 0.29) is 17.0 Å². The zero-order valence-corrected chi connectivity index (χ0v) is 12.6. The number of halogens is 1. The summed E-state index contributed by atoms with van der Waals surface area (Å²) in [4.78, 5) is 21.9. The van der Waals surface area contributed by atoms with Crippen LogP contribution in [-0.4, -0.2) is 22.2 Å². The van der Waals surface area contributed by atoms with Gasteiger partial charge in [0.15, 0.2) is 0 Å². The minimum Gasteiger partial charge on any atom is -0.507 e. The van der Waals surface area contributed by atoms with E-state index in [0.29, 0.717) is 10.0 Å². The molecular weight excluding hydrogens is 354 g/mol. The summed E-state index contributed by atoms with van der Waals surface area (Å²) in [6.45, 7) is 0. The van der Waals surface area contributed by atoms with Gasteiger partial charge < -0.3 is 5.11 Å². The number of aromatic hydroxyl groups is 1. The van der Waals surface area contributed by atoms with Crippen LogP contribution in [0.2, 0.25) is 0 Å². The van der Waals surface area contributed by atoms with Gasteiger partial charge in [0.25, 0.3) is 11.6 Å². The van der Waals surface area contributed by atoms with Crippen molar-refractivity contribution in [3.05, 3.63) is 68.2 Å². The lowest BCUT2D eigenvalue weighted by atomic mass is 10.2. The quantitative estimate of drug-likeness (QED) is 0.494. The van der Waals surface area contributed by atoms with E-state index in [1.807, 2.05) is 0 Å². The molecule has 0 spiro atoms. The van der Waals surface area contributed by atoms with E-state index in [0.717, 1.165) is 0 Å². The lowest BCUT2D eigenvalue weighted by Crippen LogP contribution is -2.17. The number of benzene rings is 2. The molecular formula is C14H10BrN3O4. The number of carbonyl (C=O) groups is 1. The van der Waals surface area contributed by atoms with Crippen LogP contribution in [0.3, 0.4) is 0 Å². The molecule has 1 amide bonds. The number of nitrogens with zero attached hydrogens (tertiary/aromatic N) is 2. The molecule has 0 heterocycles. The van der Waals surface area contributed by atoms with Crippen molar-refractivity contribution >= 4 is 33.7 Å². The molecule has 0 bridgehead atoms. The predicted octanol–water partition coefficient (Wildman–Crippen LogP) is 2.83. The average Bonchev–Trinajstić information content (AvgIpc) is 2.50. The minimum atomic E-state index is -0.572. The van der Waals surface area contributed by atoms with Crippen molar-refractivity contribution in [2.24, 2.45) is 5.10 Å². The van der Waals surface area contributed by atoms with Crippen molar-refractivity contribution < 1.29 is 14.8 Å².